The third-order valence-corrected chi connectivity index (χ3v) is 6.85. The summed E-state index contributed by atoms with van der Waals surface area (Å²) in [4.78, 5) is 12.3. The van der Waals surface area contributed by atoms with Crippen LogP contribution < -0.4 is 10.1 Å². The summed E-state index contributed by atoms with van der Waals surface area (Å²) in [6.07, 6.45) is -0.192. The highest BCUT2D eigenvalue weighted by Crippen LogP contribution is 2.33. The van der Waals surface area contributed by atoms with Gasteiger partial charge in [0.1, 0.15) is 10.6 Å². The van der Waals surface area contributed by atoms with Crippen molar-refractivity contribution < 1.29 is 22.5 Å². The smallest absolute Gasteiger partial charge is 0.225 e. The maximum absolute atomic E-state index is 13.0. The van der Waals surface area contributed by atoms with Gasteiger partial charge in [-0.05, 0) is 50.2 Å². The van der Waals surface area contributed by atoms with E-state index in [1.807, 2.05) is 19.9 Å². The van der Waals surface area contributed by atoms with Crippen molar-refractivity contribution in [1.29, 1.82) is 0 Å². The second-order valence-electron chi connectivity index (χ2n) is 6.72. The van der Waals surface area contributed by atoms with Crippen LogP contribution in [0.4, 0.5) is 5.69 Å². The summed E-state index contributed by atoms with van der Waals surface area (Å²) in [7, 11) is -2.39. The van der Waals surface area contributed by atoms with Crippen molar-refractivity contribution in [2.45, 2.75) is 25.2 Å². The minimum atomic E-state index is -3.79. The molecule has 0 saturated carbocycles. The molecule has 0 aliphatic heterocycles. The molecule has 0 saturated heterocycles. The Labute approximate surface area is 183 Å². The monoisotopic (exact) mass is 492 g/mol. The number of anilines is 1. The van der Waals surface area contributed by atoms with Crippen LogP contribution in [0.15, 0.2) is 56.4 Å². The molecule has 1 N–H and O–H groups in total. The van der Waals surface area contributed by atoms with Gasteiger partial charge >= 0.3 is 0 Å². The van der Waals surface area contributed by atoms with E-state index in [0.29, 0.717) is 17.0 Å². The summed E-state index contributed by atoms with van der Waals surface area (Å²) >= 11 is 3.33. The van der Waals surface area contributed by atoms with E-state index < -0.39 is 15.7 Å². The first-order valence-corrected chi connectivity index (χ1v) is 11.6. The van der Waals surface area contributed by atoms with Gasteiger partial charge in [0, 0.05) is 27.7 Å². The number of nitrogens with zero attached hydrogens (tertiary/aromatic N) is 1. The third kappa shape index (κ3) is 4.91. The number of methoxy groups -OCH3 is 1. The van der Waals surface area contributed by atoms with Crippen LogP contribution in [0.25, 0.3) is 11.3 Å². The lowest BCUT2D eigenvalue weighted by atomic mass is 10.1. The van der Waals surface area contributed by atoms with Crippen LogP contribution in [-0.4, -0.2) is 32.3 Å². The number of nitrogens with one attached hydrogen (secondary N) is 1. The zero-order valence-electron chi connectivity index (χ0n) is 16.7. The average Bonchev–Trinajstić information content (AvgIpc) is 3.04. The summed E-state index contributed by atoms with van der Waals surface area (Å²) in [6, 6.07) is 11.8. The second-order valence-corrected chi connectivity index (χ2v) is 9.71. The van der Waals surface area contributed by atoms with E-state index in [4.69, 9.17) is 9.26 Å². The standard InChI is InChI=1S/C21H21BrN2O5S/c1-13-14(2)24-29-21(13)15-7-8-18(28-3)19(11-15)30(26,27)10-9-20(25)23-17-6-4-5-16(22)12-17/h4-8,11-12H,9-10H2,1-3H3,(H,23,25). The fourth-order valence-corrected chi connectivity index (χ4v) is 4.71. The third-order valence-electron chi connectivity index (χ3n) is 4.62. The number of hydrogen-bond donors (Lipinski definition) is 1. The number of rotatable bonds is 7. The average molecular weight is 493 g/mol. The molecule has 3 rings (SSSR count). The second kappa shape index (κ2) is 9.01. The number of halogens is 1. The fraction of sp³-hybridized carbons (Fsp3) is 0.238. The number of carbonyl (C=O) groups is 1. The van der Waals surface area contributed by atoms with E-state index in [1.165, 1.54) is 13.2 Å². The number of ether oxygens (including phenoxy) is 1. The predicted octanol–water partition coefficient (Wildman–Crippen LogP) is 4.53. The molecule has 0 spiro atoms. The Morgan fingerprint density at radius 1 is 1.20 bits per heavy atom. The number of sulfone groups is 1. The van der Waals surface area contributed by atoms with Gasteiger partial charge in [0.05, 0.1) is 18.6 Å². The largest absolute Gasteiger partial charge is 0.495 e. The maximum Gasteiger partial charge on any atom is 0.225 e. The molecule has 0 aliphatic rings. The van der Waals surface area contributed by atoms with E-state index in [-0.39, 0.29) is 22.8 Å². The highest BCUT2D eigenvalue weighted by molar-refractivity contribution is 9.10. The Morgan fingerprint density at radius 2 is 1.97 bits per heavy atom. The van der Waals surface area contributed by atoms with E-state index in [1.54, 1.807) is 30.3 Å². The number of aromatic nitrogens is 1. The normalized spacial score (nSPS) is 11.3. The Morgan fingerprint density at radius 3 is 2.60 bits per heavy atom. The van der Waals surface area contributed by atoms with Crippen molar-refractivity contribution in [3.63, 3.8) is 0 Å². The van der Waals surface area contributed by atoms with E-state index in [2.05, 4.69) is 26.4 Å². The lowest BCUT2D eigenvalue weighted by Gasteiger charge is -2.11. The van der Waals surface area contributed by atoms with Gasteiger partial charge in [-0.25, -0.2) is 8.42 Å². The maximum atomic E-state index is 13.0. The molecule has 30 heavy (non-hydrogen) atoms. The molecule has 2 aromatic carbocycles. The molecule has 0 bridgehead atoms. The summed E-state index contributed by atoms with van der Waals surface area (Å²) in [5.41, 5.74) is 2.72. The van der Waals surface area contributed by atoms with Crippen LogP contribution in [0.3, 0.4) is 0 Å². The molecule has 158 valence electrons. The van der Waals surface area contributed by atoms with E-state index in [9.17, 15) is 13.2 Å². The van der Waals surface area contributed by atoms with E-state index in [0.717, 1.165) is 15.7 Å². The van der Waals surface area contributed by atoms with Crippen molar-refractivity contribution in [1.82, 2.24) is 5.16 Å². The van der Waals surface area contributed by atoms with Crippen molar-refractivity contribution in [3.05, 3.63) is 58.2 Å². The Hall–Kier alpha value is -2.65. The molecule has 0 radical (unpaired) electrons. The number of benzene rings is 2. The topological polar surface area (TPSA) is 98.5 Å². The zero-order valence-corrected chi connectivity index (χ0v) is 19.1. The molecule has 9 heteroatoms. The number of carbonyl (C=O) groups excluding carboxylic acids is 1. The number of aryl methyl sites for hydroxylation is 1. The highest BCUT2D eigenvalue weighted by Gasteiger charge is 2.23. The Kier molecular flexibility index (Phi) is 6.62. The molecule has 0 unspecified atom stereocenters. The first kappa shape index (κ1) is 22.0. The van der Waals surface area contributed by atoms with Crippen LogP contribution in [-0.2, 0) is 14.6 Å². The first-order valence-electron chi connectivity index (χ1n) is 9.10. The van der Waals surface area contributed by atoms with Crippen molar-refractivity contribution in [2.75, 3.05) is 18.2 Å². The summed E-state index contributed by atoms with van der Waals surface area (Å²) in [5.74, 6) is -0.0475. The molecule has 1 heterocycles. The summed E-state index contributed by atoms with van der Waals surface area (Å²) in [5, 5.41) is 6.62. The van der Waals surface area contributed by atoms with Gasteiger partial charge in [-0.1, -0.05) is 27.2 Å². The molecule has 0 fully saturated rings. The van der Waals surface area contributed by atoms with Crippen LogP contribution in [0.1, 0.15) is 17.7 Å². The van der Waals surface area contributed by atoms with Crippen LogP contribution in [0, 0.1) is 13.8 Å². The van der Waals surface area contributed by atoms with Crippen molar-refractivity contribution >= 4 is 37.4 Å². The minimum absolute atomic E-state index is 0.00575. The van der Waals surface area contributed by atoms with Gasteiger partial charge in [0.15, 0.2) is 15.6 Å². The van der Waals surface area contributed by atoms with Crippen molar-refractivity contribution in [2.24, 2.45) is 0 Å². The van der Waals surface area contributed by atoms with Crippen LogP contribution in [0.5, 0.6) is 5.75 Å². The van der Waals surface area contributed by atoms with E-state index >= 15 is 0 Å². The molecule has 1 amide bonds. The van der Waals surface area contributed by atoms with Gasteiger partial charge < -0.3 is 14.6 Å². The molecule has 7 nitrogen and oxygen atoms in total. The minimum Gasteiger partial charge on any atom is -0.495 e. The summed E-state index contributed by atoms with van der Waals surface area (Å²) in [6.45, 7) is 3.67. The molecular formula is C21H21BrN2O5S. The highest BCUT2D eigenvalue weighted by atomic mass is 79.9. The molecule has 0 aliphatic carbocycles. The van der Waals surface area contributed by atoms with Gasteiger partial charge in [-0.15, -0.1) is 0 Å². The Bertz CT molecular complexity index is 1190. The quantitative estimate of drug-likeness (QED) is 0.519. The predicted molar refractivity (Wildman–Crippen MR) is 117 cm³/mol. The van der Waals surface area contributed by atoms with Gasteiger partial charge in [0.25, 0.3) is 0 Å². The van der Waals surface area contributed by atoms with Gasteiger partial charge in [-0.3, -0.25) is 4.79 Å². The summed E-state index contributed by atoms with van der Waals surface area (Å²) < 4.78 is 37.4. The number of hydrogen-bond acceptors (Lipinski definition) is 6. The SMILES string of the molecule is COc1ccc(-c2onc(C)c2C)cc1S(=O)(=O)CCC(=O)Nc1cccc(Br)c1. The Balaban J connectivity index is 1.81. The molecule has 0 atom stereocenters. The zero-order chi connectivity index (χ0) is 21.9. The number of amides is 1. The first-order chi connectivity index (χ1) is 14.2. The lowest BCUT2D eigenvalue weighted by Crippen LogP contribution is -2.18. The van der Waals surface area contributed by atoms with Crippen molar-refractivity contribution in [3.8, 4) is 17.1 Å². The van der Waals surface area contributed by atoms with Crippen LogP contribution in [0.2, 0.25) is 0 Å². The fourth-order valence-electron chi connectivity index (χ4n) is 2.87. The van der Waals surface area contributed by atoms with Gasteiger partial charge in [0.2, 0.25) is 5.91 Å². The van der Waals surface area contributed by atoms with Crippen LogP contribution >= 0.6 is 15.9 Å². The molecule has 1 aromatic heterocycles. The molecular weight excluding hydrogens is 472 g/mol. The molecule has 3 aromatic rings. The lowest BCUT2D eigenvalue weighted by molar-refractivity contribution is -0.115. The van der Waals surface area contributed by atoms with Gasteiger partial charge in [-0.2, -0.15) is 0 Å².